The fraction of sp³-hybridized carbons (Fsp3) is 0.250. The Morgan fingerprint density at radius 3 is 1.72 bits per heavy atom. The van der Waals surface area contributed by atoms with E-state index in [2.05, 4.69) is 73.8 Å². The Morgan fingerprint density at radius 2 is 1.28 bits per heavy atom. The van der Waals surface area contributed by atoms with Crippen molar-refractivity contribution in [3.05, 3.63) is 48.5 Å². The number of nitrogens with zero attached hydrogens (tertiary/aromatic N) is 1. The molecule has 0 aliphatic carbocycles. The third kappa shape index (κ3) is 1.60. The molecule has 1 aliphatic heterocycles. The van der Waals surface area contributed by atoms with E-state index in [4.69, 9.17) is 0 Å². The van der Waals surface area contributed by atoms with E-state index in [1.54, 1.807) is 10.4 Å². The molecule has 0 saturated heterocycles. The summed E-state index contributed by atoms with van der Waals surface area (Å²) in [5, 5.41) is 3.15. The van der Waals surface area contributed by atoms with Gasteiger partial charge in [0.2, 0.25) is 0 Å². The first-order valence-corrected chi connectivity index (χ1v) is 8.98. The van der Waals surface area contributed by atoms with E-state index in [-0.39, 0.29) is 0 Å². The van der Waals surface area contributed by atoms with E-state index >= 15 is 0 Å². The fourth-order valence-electron chi connectivity index (χ4n) is 3.00. The van der Waals surface area contributed by atoms with Crippen LogP contribution in [0, 0.1) is 0 Å². The molecule has 0 N–H and O–H groups in total. The van der Waals surface area contributed by atoms with Gasteiger partial charge in [-0.15, -0.1) is 0 Å². The molecule has 3 rings (SSSR count). The minimum atomic E-state index is -1.01. The van der Waals surface area contributed by atoms with Gasteiger partial charge in [-0.3, -0.25) is 0 Å². The van der Waals surface area contributed by atoms with Crippen molar-refractivity contribution in [2.24, 2.45) is 0 Å². The molecule has 0 saturated carbocycles. The number of hydrogen-bond donors (Lipinski definition) is 0. The Balaban J connectivity index is 2.26. The first-order valence-electron chi connectivity index (χ1n) is 6.67. The van der Waals surface area contributed by atoms with E-state index in [0.29, 0.717) is 6.04 Å². The second-order valence-electron chi connectivity index (χ2n) is 5.30. The summed E-state index contributed by atoms with van der Waals surface area (Å²) in [6.07, 6.45) is 0. The lowest BCUT2D eigenvalue weighted by molar-refractivity contribution is 0.791. The van der Waals surface area contributed by atoms with Crippen LogP contribution in [-0.4, -0.2) is 14.8 Å². The van der Waals surface area contributed by atoms with Gasteiger partial charge in [-0.1, -0.05) is 42.9 Å². The molecule has 0 atom stereocenters. The molecule has 0 fully saturated rings. The minimum Gasteiger partial charge on any atom is -0.339 e. The first kappa shape index (κ1) is 11.5. The zero-order valence-corrected chi connectivity index (χ0v) is 12.4. The molecular formula is C16H19NSi. The van der Waals surface area contributed by atoms with Crippen LogP contribution in [0.5, 0.6) is 0 Å². The Kier molecular flexibility index (Phi) is 2.75. The fourth-order valence-corrected chi connectivity index (χ4v) is 5.49. The van der Waals surface area contributed by atoms with Crippen molar-refractivity contribution in [3.63, 3.8) is 0 Å². The summed E-state index contributed by atoms with van der Waals surface area (Å²) >= 11 is 0. The molecule has 1 nitrogen and oxygen atoms in total. The average Bonchev–Trinajstić information content (AvgIpc) is 2.39. The standard InChI is InChI=1S/C16H19NSi/c1-12(2)17-13-8-4-6-10-15(13)18(3)16-11-7-5-9-14(16)17/h4-12,18H,1-3H3. The number of benzene rings is 2. The van der Waals surface area contributed by atoms with Gasteiger partial charge in [-0.2, -0.15) is 0 Å². The summed E-state index contributed by atoms with van der Waals surface area (Å²) in [4.78, 5) is 2.48. The van der Waals surface area contributed by atoms with Gasteiger partial charge in [0, 0.05) is 17.4 Å². The summed E-state index contributed by atoms with van der Waals surface area (Å²) in [6.45, 7) is 6.98. The summed E-state index contributed by atoms with van der Waals surface area (Å²) in [7, 11) is -1.01. The maximum Gasteiger partial charge on any atom is 0.105 e. The highest BCUT2D eigenvalue weighted by Crippen LogP contribution is 2.29. The molecule has 0 aromatic heterocycles. The Morgan fingerprint density at radius 1 is 0.833 bits per heavy atom. The molecule has 1 heterocycles. The molecule has 0 amide bonds. The van der Waals surface area contributed by atoms with Gasteiger partial charge in [0.25, 0.3) is 0 Å². The molecule has 0 radical (unpaired) electrons. The Labute approximate surface area is 111 Å². The van der Waals surface area contributed by atoms with Crippen LogP contribution in [0.1, 0.15) is 13.8 Å². The predicted octanol–water partition coefficient (Wildman–Crippen LogP) is 2.52. The van der Waals surface area contributed by atoms with Gasteiger partial charge in [0.05, 0.1) is 0 Å². The Hall–Kier alpha value is -1.54. The highest BCUT2D eigenvalue weighted by molar-refractivity contribution is 6.87. The molecule has 92 valence electrons. The smallest absolute Gasteiger partial charge is 0.105 e. The molecule has 0 unspecified atom stereocenters. The maximum atomic E-state index is 2.48. The number of hydrogen-bond acceptors (Lipinski definition) is 1. The van der Waals surface area contributed by atoms with E-state index in [0.717, 1.165) is 0 Å². The van der Waals surface area contributed by atoms with Crippen molar-refractivity contribution in [3.8, 4) is 0 Å². The van der Waals surface area contributed by atoms with Gasteiger partial charge in [0.15, 0.2) is 0 Å². The third-order valence-corrected chi connectivity index (χ3v) is 6.68. The summed E-state index contributed by atoms with van der Waals surface area (Å²) in [5.74, 6) is 0. The van der Waals surface area contributed by atoms with Gasteiger partial charge < -0.3 is 4.90 Å². The van der Waals surface area contributed by atoms with Crippen LogP contribution in [0.3, 0.4) is 0 Å². The predicted molar refractivity (Wildman–Crippen MR) is 82.4 cm³/mol. The third-order valence-electron chi connectivity index (χ3n) is 3.84. The lowest BCUT2D eigenvalue weighted by Gasteiger charge is -2.38. The zero-order chi connectivity index (χ0) is 12.7. The van der Waals surface area contributed by atoms with Crippen molar-refractivity contribution in [1.82, 2.24) is 0 Å². The van der Waals surface area contributed by atoms with E-state index in [1.165, 1.54) is 11.4 Å². The van der Waals surface area contributed by atoms with Crippen molar-refractivity contribution >= 4 is 30.5 Å². The summed E-state index contributed by atoms with van der Waals surface area (Å²) < 4.78 is 0. The summed E-state index contributed by atoms with van der Waals surface area (Å²) in [6, 6.07) is 18.3. The second kappa shape index (κ2) is 4.29. The van der Waals surface area contributed by atoms with Crippen molar-refractivity contribution in [2.45, 2.75) is 26.4 Å². The zero-order valence-electron chi connectivity index (χ0n) is 11.2. The van der Waals surface area contributed by atoms with E-state index < -0.39 is 8.80 Å². The largest absolute Gasteiger partial charge is 0.339 e. The topological polar surface area (TPSA) is 3.24 Å². The highest BCUT2D eigenvalue weighted by atomic mass is 28.3. The minimum absolute atomic E-state index is 0.494. The SMILES string of the molecule is CC(C)N1c2ccccc2[SiH](C)c2ccccc21. The quantitative estimate of drug-likeness (QED) is 0.706. The van der Waals surface area contributed by atoms with Gasteiger partial charge in [0.1, 0.15) is 8.80 Å². The lowest BCUT2D eigenvalue weighted by Crippen LogP contribution is -2.50. The summed E-state index contributed by atoms with van der Waals surface area (Å²) in [5.41, 5.74) is 2.84. The van der Waals surface area contributed by atoms with Crippen LogP contribution in [0.4, 0.5) is 11.4 Å². The maximum absolute atomic E-state index is 2.48. The normalized spacial score (nSPS) is 14.6. The van der Waals surface area contributed by atoms with Crippen LogP contribution in [-0.2, 0) is 0 Å². The highest BCUT2D eigenvalue weighted by Gasteiger charge is 2.29. The second-order valence-corrected chi connectivity index (χ2v) is 7.99. The molecule has 1 aliphatic rings. The van der Waals surface area contributed by atoms with Crippen LogP contribution >= 0.6 is 0 Å². The number of anilines is 2. The lowest BCUT2D eigenvalue weighted by atomic mass is 10.1. The van der Waals surface area contributed by atoms with Crippen LogP contribution in [0.2, 0.25) is 6.55 Å². The number of para-hydroxylation sites is 2. The van der Waals surface area contributed by atoms with E-state index in [9.17, 15) is 0 Å². The van der Waals surface area contributed by atoms with Gasteiger partial charge >= 0.3 is 0 Å². The van der Waals surface area contributed by atoms with Crippen molar-refractivity contribution < 1.29 is 0 Å². The monoisotopic (exact) mass is 253 g/mol. The van der Waals surface area contributed by atoms with Crippen LogP contribution < -0.4 is 15.3 Å². The number of fused-ring (bicyclic) bond motifs is 2. The number of rotatable bonds is 1. The Bertz CT molecular complexity index is 529. The molecule has 0 bridgehead atoms. The first-order chi connectivity index (χ1) is 8.70. The molecule has 2 aromatic rings. The molecular weight excluding hydrogens is 234 g/mol. The molecule has 2 heteroatoms. The average molecular weight is 253 g/mol. The van der Waals surface area contributed by atoms with Gasteiger partial charge in [-0.25, -0.2) is 0 Å². The molecule has 2 aromatic carbocycles. The molecule has 0 spiro atoms. The van der Waals surface area contributed by atoms with Crippen molar-refractivity contribution in [1.29, 1.82) is 0 Å². The van der Waals surface area contributed by atoms with Crippen LogP contribution in [0.25, 0.3) is 0 Å². The van der Waals surface area contributed by atoms with Crippen LogP contribution in [0.15, 0.2) is 48.5 Å². The van der Waals surface area contributed by atoms with E-state index in [1.807, 2.05) is 0 Å². The van der Waals surface area contributed by atoms with Crippen molar-refractivity contribution in [2.75, 3.05) is 4.90 Å². The molecule has 18 heavy (non-hydrogen) atoms. The van der Waals surface area contributed by atoms with Gasteiger partial charge in [-0.05, 0) is 36.4 Å².